The average molecular weight is 498 g/mol. The Hall–Kier alpha value is -3.41. The molecular weight excluding hydrogens is 458 g/mol. The Morgan fingerprint density at radius 2 is 1.81 bits per heavy atom. The third kappa shape index (κ3) is 5.79. The lowest BCUT2D eigenvalue weighted by molar-refractivity contribution is -0.122. The summed E-state index contributed by atoms with van der Waals surface area (Å²) in [6, 6.07) is 17.3. The number of pyridine rings is 1. The summed E-state index contributed by atoms with van der Waals surface area (Å²) in [6.45, 7) is 7.82. The number of amides is 1. The minimum atomic E-state index is 0.172. The second kappa shape index (κ2) is 11.3. The third-order valence-electron chi connectivity index (χ3n) is 7.39. The molecular formula is C31H39N5O. The third-order valence-corrected chi connectivity index (χ3v) is 7.39. The van der Waals surface area contributed by atoms with E-state index < -0.39 is 0 Å². The summed E-state index contributed by atoms with van der Waals surface area (Å²) in [5, 5.41) is 7.75. The number of imidazole rings is 1. The molecule has 1 amide bonds. The van der Waals surface area contributed by atoms with Crippen molar-refractivity contribution in [3.63, 3.8) is 0 Å². The van der Waals surface area contributed by atoms with Crippen LogP contribution in [0.4, 0.5) is 5.82 Å². The molecule has 0 atom stereocenters. The smallest absolute Gasteiger partial charge is 0.220 e. The van der Waals surface area contributed by atoms with Gasteiger partial charge >= 0.3 is 0 Å². The lowest BCUT2D eigenvalue weighted by Gasteiger charge is -2.24. The van der Waals surface area contributed by atoms with Gasteiger partial charge in [-0.25, -0.2) is 9.97 Å². The number of carbonyl (C=O) groups excluding carboxylic acids is 1. The molecule has 0 unspecified atom stereocenters. The van der Waals surface area contributed by atoms with Crippen molar-refractivity contribution in [1.29, 1.82) is 0 Å². The molecule has 4 aromatic rings. The predicted molar refractivity (Wildman–Crippen MR) is 152 cm³/mol. The number of aromatic nitrogens is 3. The molecule has 0 radical (unpaired) electrons. The largest absolute Gasteiger partial charge is 0.366 e. The van der Waals surface area contributed by atoms with Crippen LogP contribution in [-0.2, 0) is 24.3 Å². The molecule has 0 bridgehead atoms. The Labute approximate surface area is 219 Å². The van der Waals surface area contributed by atoms with Crippen molar-refractivity contribution in [2.45, 2.75) is 84.8 Å². The van der Waals surface area contributed by atoms with E-state index >= 15 is 0 Å². The first-order chi connectivity index (χ1) is 18.0. The molecule has 2 aromatic carbocycles. The van der Waals surface area contributed by atoms with Gasteiger partial charge in [0.25, 0.3) is 0 Å². The second-order valence-electron chi connectivity index (χ2n) is 10.8. The van der Waals surface area contributed by atoms with E-state index in [9.17, 15) is 4.79 Å². The van der Waals surface area contributed by atoms with Crippen LogP contribution in [0.5, 0.6) is 0 Å². The Balaban J connectivity index is 1.43. The number of nitrogens with one attached hydrogen (secondary N) is 2. The number of rotatable bonds is 11. The van der Waals surface area contributed by atoms with Gasteiger partial charge in [-0.1, -0.05) is 62.2 Å². The van der Waals surface area contributed by atoms with Crippen molar-refractivity contribution in [2.75, 3.05) is 5.32 Å². The van der Waals surface area contributed by atoms with Gasteiger partial charge in [0.15, 0.2) is 5.82 Å². The van der Waals surface area contributed by atoms with E-state index in [1.165, 1.54) is 24.8 Å². The first-order valence-electron chi connectivity index (χ1n) is 13.9. The molecule has 2 N–H and O–H groups in total. The number of hydrogen-bond donors (Lipinski definition) is 2. The van der Waals surface area contributed by atoms with E-state index in [4.69, 9.17) is 9.97 Å². The number of hydrogen-bond acceptors (Lipinski definition) is 4. The van der Waals surface area contributed by atoms with Crippen LogP contribution in [0, 0.1) is 5.92 Å². The average Bonchev–Trinajstić information content (AvgIpc) is 3.23. The van der Waals surface area contributed by atoms with Crippen molar-refractivity contribution in [2.24, 2.45) is 5.92 Å². The number of aryl methyl sites for hydroxylation is 1. The molecule has 194 valence electrons. The molecule has 6 heteroatoms. The molecule has 0 aliphatic heterocycles. The van der Waals surface area contributed by atoms with Gasteiger partial charge < -0.3 is 15.2 Å². The summed E-state index contributed by atoms with van der Waals surface area (Å²) in [7, 11) is 0. The number of benzene rings is 2. The van der Waals surface area contributed by atoms with Gasteiger partial charge in [-0.15, -0.1) is 0 Å². The topological polar surface area (TPSA) is 71.8 Å². The zero-order valence-corrected chi connectivity index (χ0v) is 22.4. The fourth-order valence-corrected chi connectivity index (χ4v) is 5.13. The maximum Gasteiger partial charge on any atom is 0.220 e. The maximum atomic E-state index is 12.2. The van der Waals surface area contributed by atoms with E-state index in [1.54, 1.807) is 0 Å². The molecule has 0 saturated heterocycles. The van der Waals surface area contributed by atoms with Gasteiger partial charge in [-0.05, 0) is 56.2 Å². The van der Waals surface area contributed by atoms with E-state index in [-0.39, 0.29) is 11.9 Å². The number of fused-ring (bicyclic) bond motifs is 3. The summed E-state index contributed by atoms with van der Waals surface area (Å²) in [4.78, 5) is 22.3. The SMILES string of the molecule is CCCCc1nc2c(NC(C)C)nc3ccccc3c2n1Cc1ccc(CNC(=O)CC2CCC2)cc1. The van der Waals surface area contributed by atoms with Gasteiger partial charge in [-0.3, -0.25) is 4.79 Å². The molecule has 6 nitrogen and oxygen atoms in total. The van der Waals surface area contributed by atoms with Crippen LogP contribution in [0.1, 0.15) is 76.2 Å². The number of nitrogens with zero attached hydrogens (tertiary/aromatic N) is 3. The van der Waals surface area contributed by atoms with Crippen LogP contribution >= 0.6 is 0 Å². The van der Waals surface area contributed by atoms with Crippen LogP contribution in [0.15, 0.2) is 48.5 Å². The molecule has 1 fully saturated rings. The lowest BCUT2D eigenvalue weighted by atomic mass is 9.83. The van der Waals surface area contributed by atoms with Crippen molar-refractivity contribution in [3.8, 4) is 0 Å². The van der Waals surface area contributed by atoms with Gasteiger partial charge in [0, 0.05) is 37.4 Å². The molecule has 1 aliphatic rings. The lowest BCUT2D eigenvalue weighted by Crippen LogP contribution is -2.27. The molecule has 2 heterocycles. The van der Waals surface area contributed by atoms with Gasteiger partial charge in [0.1, 0.15) is 11.3 Å². The highest BCUT2D eigenvalue weighted by Crippen LogP contribution is 2.32. The van der Waals surface area contributed by atoms with E-state index in [2.05, 4.69) is 78.4 Å². The summed E-state index contributed by atoms with van der Waals surface area (Å²) < 4.78 is 2.38. The summed E-state index contributed by atoms with van der Waals surface area (Å²) in [5.41, 5.74) is 5.43. The number of carbonyl (C=O) groups is 1. The van der Waals surface area contributed by atoms with E-state index in [1.807, 2.05) is 6.07 Å². The number of unbranched alkanes of at least 4 members (excludes halogenated alkanes) is 1. The number of anilines is 1. The zero-order valence-electron chi connectivity index (χ0n) is 22.4. The minimum Gasteiger partial charge on any atom is -0.366 e. The predicted octanol–water partition coefficient (Wildman–Crippen LogP) is 6.60. The molecule has 1 saturated carbocycles. The fraction of sp³-hybridized carbons (Fsp3) is 0.452. The molecule has 0 spiro atoms. The normalized spacial score (nSPS) is 13.8. The Bertz CT molecular complexity index is 1370. The highest BCUT2D eigenvalue weighted by atomic mass is 16.1. The van der Waals surface area contributed by atoms with Crippen molar-refractivity contribution >= 4 is 33.7 Å². The summed E-state index contributed by atoms with van der Waals surface area (Å²) in [5.74, 6) is 2.73. The number of para-hydroxylation sites is 1. The highest BCUT2D eigenvalue weighted by molar-refractivity contribution is 6.07. The van der Waals surface area contributed by atoms with Crippen LogP contribution in [0.3, 0.4) is 0 Å². The Kier molecular flexibility index (Phi) is 7.73. The van der Waals surface area contributed by atoms with Crippen LogP contribution in [-0.4, -0.2) is 26.5 Å². The molecule has 37 heavy (non-hydrogen) atoms. The standard InChI is InChI=1S/C31H39N5O/c1-4-5-13-27-35-29-30(25-11-6-7-12-26(25)34-31(29)33-21(2)3)36(27)20-24-16-14-23(15-17-24)19-32-28(37)18-22-9-8-10-22/h6-7,11-12,14-17,21-22H,4-5,8-10,13,18-20H2,1-3H3,(H,32,37)(H,33,34). The first-order valence-corrected chi connectivity index (χ1v) is 13.9. The van der Waals surface area contributed by atoms with Crippen molar-refractivity contribution in [3.05, 3.63) is 65.5 Å². The molecule has 5 rings (SSSR count). The van der Waals surface area contributed by atoms with Crippen LogP contribution in [0.25, 0.3) is 21.9 Å². The van der Waals surface area contributed by atoms with E-state index in [0.29, 0.717) is 18.9 Å². The zero-order chi connectivity index (χ0) is 25.8. The Morgan fingerprint density at radius 3 is 2.51 bits per heavy atom. The van der Waals surface area contributed by atoms with E-state index in [0.717, 1.165) is 64.9 Å². The van der Waals surface area contributed by atoms with Crippen LogP contribution in [0.2, 0.25) is 0 Å². The molecule has 2 aromatic heterocycles. The quantitative estimate of drug-likeness (QED) is 0.245. The summed E-state index contributed by atoms with van der Waals surface area (Å²) >= 11 is 0. The van der Waals surface area contributed by atoms with Gasteiger partial charge in [0.2, 0.25) is 5.91 Å². The van der Waals surface area contributed by atoms with Crippen molar-refractivity contribution < 1.29 is 4.79 Å². The Morgan fingerprint density at radius 1 is 1.05 bits per heavy atom. The van der Waals surface area contributed by atoms with Gasteiger partial charge in [0.05, 0.1) is 11.0 Å². The molecule has 1 aliphatic carbocycles. The van der Waals surface area contributed by atoms with Crippen LogP contribution < -0.4 is 10.6 Å². The summed E-state index contributed by atoms with van der Waals surface area (Å²) in [6.07, 6.45) is 7.50. The minimum absolute atomic E-state index is 0.172. The fourth-order valence-electron chi connectivity index (χ4n) is 5.13. The van der Waals surface area contributed by atoms with Crippen molar-refractivity contribution in [1.82, 2.24) is 19.9 Å². The van der Waals surface area contributed by atoms with Gasteiger partial charge in [-0.2, -0.15) is 0 Å². The maximum absolute atomic E-state index is 12.2. The highest BCUT2D eigenvalue weighted by Gasteiger charge is 2.21. The monoisotopic (exact) mass is 497 g/mol. The first kappa shape index (κ1) is 25.2. The second-order valence-corrected chi connectivity index (χ2v) is 10.8.